The third kappa shape index (κ3) is 5.41. The molecule has 1 aromatic rings. The van der Waals surface area contributed by atoms with Crippen LogP contribution in [-0.2, 0) is 9.53 Å². The van der Waals surface area contributed by atoms with Gasteiger partial charge in [0.25, 0.3) is 0 Å². The quantitative estimate of drug-likeness (QED) is 0.639. The predicted molar refractivity (Wildman–Crippen MR) is 81.1 cm³/mol. The second-order valence-electron chi connectivity index (χ2n) is 4.88. The van der Waals surface area contributed by atoms with E-state index in [9.17, 15) is 9.90 Å². The van der Waals surface area contributed by atoms with Crippen LogP contribution in [0.3, 0.4) is 0 Å². The van der Waals surface area contributed by atoms with Gasteiger partial charge in [0.15, 0.2) is 0 Å². The Labute approximate surface area is 120 Å². The smallest absolute Gasteiger partial charge is 0.309 e. The van der Waals surface area contributed by atoms with Gasteiger partial charge in [-0.2, -0.15) is 0 Å². The highest BCUT2D eigenvalue weighted by Gasteiger charge is 2.26. The van der Waals surface area contributed by atoms with Crippen LogP contribution in [0.1, 0.15) is 32.8 Å². The van der Waals surface area contributed by atoms with Crippen molar-refractivity contribution in [3.63, 3.8) is 0 Å². The molecular formula is C17H22O3. The first-order valence-electron chi connectivity index (χ1n) is 6.74. The van der Waals surface area contributed by atoms with E-state index in [1.54, 1.807) is 20.8 Å². The first-order chi connectivity index (χ1) is 9.45. The van der Waals surface area contributed by atoms with E-state index in [1.807, 2.05) is 48.6 Å². The standard InChI is InChI=1S/C17H22O3/c1-4-20-16(18)13-17(3,19)14(2)9-8-12-15-10-6-5-7-11-15/h5-12,19H,4,13H2,1-3H3/b12-8+,14-9+. The molecule has 0 saturated carbocycles. The minimum Gasteiger partial charge on any atom is -0.466 e. The van der Waals surface area contributed by atoms with Gasteiger partial charge >= 0.3 is 5.97 Å². The zero-order chi connectivity index (χ0) is 15.0. The number of carbonyl (C=O) groups excluding carboxylic acids is 1. The molecule has 0 saturated heterocycles. The number of allylic oxidation sites excluding steroid dienone is 2. The Morgan fingerprint density at radius 1 is 1.35 bits per heavy atom. The first kappa shape index (κ1) is 16.2. The maximum Gasteiger partial charge on any atom is 0.309 e. The minimum absolute atomic E-state index is 0.0393. The molecule has 0 aromatic heterocycles. The molecule has 0 heterocycles. The fourth-order valence-electron chi connectivity index (χ4n) is 1.68. The molecule has 0 fully saturated rings. The SMILES string of the molecule is CCOC(=O)CC(C)(O)/C(C)=C/C=C/c1ccccc1. The fraction of sp³-hybridized carbons (Fsp3) is 0.353. The fourth-order valence-corrected chi connectivity index (χ4v) is 1.68. The summed E-state index contributed by atoms with van der Waals surface area (Å²) < 4.78 is 4.86. The van der Waals surface area contributed by atoms with Gasteiger partial charge in [-0.05, 0) is 31.9 Å². The Bertz CT molecular complexity index is 484. The van der Waals surface area contributed by atoms with Crippen LogP contribution in [0.2, 0.25) is 0 Å². The number of rotatable bonds is 6. The molecule has 3 heteroatoms. The topological polar surface area (TPSA) is 46.5 Å². The first-order valence-corrected chi connectivity index (χ1v) is 6.74. The van der Waals surface area contributed by atoms with Crippen LogP contribution in [0.15, 0.2) is 48.1 Å². The summed E-state index contributed by atoms with van der Waals surface area (Å²) in [5, 5.41) is 10.3. The summed E-state index contributed by atoms with van der Waals surface area (Å²) in [6.07, 6.45) is 5.59. The molecule has 1 N–H and O–H groups in total. The van der Waals surface area contributed by atoms with Crippen LogP contribution >= 0.6 is 0 Å². The van der Waals surface area contributed by atoms with E-state index in [0.717, 1.165) is 11.1 Å². The maximum atomic E-state index is 11.4. The van der Waals surface area contributed by atoms with Crippen molar-refractivity contribution in [3.8, 4) is 0 Å². The Hall–Kier alpha value is -1.87. The van der Waals surface area contributed by atoms with E-state index in [4.69, 9.17) is 4.74 Å². The van der Waals surface area contributed by atoms with Crippen molar-refractivity contribution in [2.45, 2.75) is 32.8 Å². The molecule has 3 nitrogen and oxygen atoms in total. The number of benzene rings is 1. The zero-order valence-electron chi connectivity index (χ0n) is 12.3. The Morgan fingerprint density at radius 3 is 2.60 bits per heavy atom. The molecule has 1 unspecified atom stereocenters. The van der Waals surface area contributed by atoms with Gasteiger partial charge in [0.05, 0.1) is 18.6 Å². The lowest BCUT2D eigenvalue weighted by Gasteiger charge is -2.23. The molecule has 1 atom stereocenters. The zero-order valence-corrected chi connectivity index (χ0v) is 12.3. The molecule has 0 radical (unpaired) electrons. The van der Waals surface area contributed by atoms with E-state index >= 15 is 0 Å². The van der Waals surface area contributed by atoms with Crippen molar-refractivity contribution in [2.75, 3.05) is 6.61 Å². The predicted octanol–water partition coefficient (Wildman–Crippen LogP) is 3.35. The van der Waals surface area contributed by atoms with Gasteiger partial charge in [0.2, 0.25) is 0 Å². The highest BCUT2D eigenvalue weighted by atomic mass is 16.5. The number of aliphatic hydroxyl groups is 1. The number of ether oxygens (including phenoxy) is 1. The molecule has 0 amide bonds. The maximum absolute atomic E-state index is 11.4. The number of hydrogen-bond acceptors (Lipinski definition) is 3. The van der Waals surface area contributed by atoms with Crippen molar-refractivity contribution in [2.24, 2.45) is 0 Å². The Morgan fingerprint density at radius 2 is 2.00 bits per heavy atom. The van der Waals surface area contributed by atoms with Crippen LogP contribution < -0.4 is 0 Å². The second kappa shape index (κ2) is 7.65. The van der Waals surface area contributed by atoms with E-state index in [-0.39, 0.29) is 6.42 Å². The van der Waals surface area contributed by atoms with Crippen LogP contribution in [0, 0.1) is 0 Å². The summed E-state index contributed by atoms with van der Waals surface area (Å²) in [5.41, 5.74) is 0.618. The molecule has 0 aliphatic heterocycles. The van der Waals surface area contributed by atoms with Crippen molar-refractivity contribution < 1.29 is 14.6 Å². The molecular weight excluding hydrogens is 252 g/mol. The van der Waals surface area contributed by atoms with Crippen LogP contribution in [0.4, 0.5) is 0 Å². The minimum atomic E-state index is -1.19. The molecule has 0 aliphatic carbocycles. The molecule has 0 spiro atoms. The summed E-state index contributed by atoms with van der Waals surface area (Å²) >= 11 is 0. The lowest BCUT2D eigenvalue weighted by atomic mass is 9.93. The van der Waals surface area contributed by atoms with E-state index in [2.05, 4.69) is 0 Å². The van der Waals surface area contributed by atoms with Crippen molar-refractivity contribution in [3.05, 3.63) is 53.6 Å². The van der Waals surface area contributed by atoms with Crippen molar-refractivity contribution >= 4 is 12.0 Å². The van der Waals surface area contributed by atoms with Gasteiger partial charge in [0, 0.05) is 0 Å². The Balaban J connectivity index is 2.67. The molecule has 0 aliphatic rings. The number of carbonyl (C=O) groups is 1. The summed E-state index contributed by atoms with van der Waals surface area (Å²) in [6.45, 7) is 5.49. The normalized spacial score (nSPS) is 15.1. The number of esters is 1. The Kier molecular flexibility index (Phi) is 6.19. The summed E-state index contributed by atoms with van der Waals surface area (Å²) in [4.78, 5) is 11.4. The summed E-state index contributed by atoms with van der Waals surface area (Å²) in [6, 6.07) is 9.88. The van der Waals surface area contributed by atoms with Crippen molar-refractivity contribution in [1.82, 2.24) is 0 Å². The van der Waals surface area contributed by atoms with Gasteiger partial charge in [-0.1, -0.05) is 48.6 Å². The van der Waals surface area contributed by atoms with Gasteiger partial charge in [-0.3, -0.25) is 4.79 Å². The lowest BCUT2D eigenvalue weighted by Crippen LogP contribution is -2.30. The monoisotopic (exact) mass is 274 g/mol. The summed E-state index contributed by atoms with van der Waals surface area (Å²) in [5.74, 6) is -0.391. The third-order valence-corrected chi connectivity index (χ3v) is 3.08. The van der Waals surface area contributed by atoms with E-state index in [1.165, 1.54) is 0 Å². The molecule has 1 aromatic carbocycles. The molecule has 20 heavy (non-hydrogen) atoms. The van der Waals surface area contributed by atoms with Crippen molar-refractivity contribution in [1.29, 1.82) is 0 Å². The van der Waals surface area contributed by atoms with Gasteiger partial charge < -0.3 is 9.84 Å². The van der Waals surface area contributed by atoms with Crippen LogP contribution in [0.5, 0.6) is 0 Å². The van der Waals surface area contributed by atoms with Gasteiger partial charge in [0.1, 0.15) is 0 Å². The average molecular weight is 274 g/mol. The van der Waals surface area contributed by atoms with Gasteiger partial charge in [-0.25, -0.2) is 0 Å². The largest absolute Gasteiger partial charge is 0.466 e. The summed E-state index contributed by atoms with van der Waals surface area (Å²) in [7, 11) is 0. The van der Waals surface area contributed by atoms with Gasteiger partial charge in [-0.15, -0.1) is 0 Å². The third-order valence-electron chi connectivity index (χ3n) is 3.08. The lowest BCUT2D eigenvalue weighted by molar-refractivity contribution is -0.146. The highest BCUT2D eigenvalue weighted by Crippen LogP contribution is 2.21. The van der Waals surface area contributed by atoms with E-state index < -0.39 is 11.6 Å². The average Bonchev–Trinajstić information content (AvgIpc) is 2.39. The molecule has 0 bridgehead atoms. The number of hydrogen-bond donors (Lipinski definition) is 1. The highest BCUT2D eigenvalue weighted by molar-refractivity contribution is 5.71. The van der Waals surface area contributed by atoms with Crippen LogP contribution in [-0.4, -0.2) is 23.3 Å². The second-order valence-corrected chi connectivity index (χ2v) is 4.88. The molecule has 108 valence electrons. The molecule has 1 rings (SSSR count). The van der Waals surface area contributed by atoms with E-state index in [0.29, 0.717) is 6.61 Å². The van der Waals surface area contributed by atoms with Crippen LogP contribution in [0.25, 0.3) is 6.08 Å².